The van der Waals surface area contributed by atoms with Crippen molar-refractivity contribution < 1.29 is 25.8 Å². The van der Waals surface area contributed by atoms with Crippen LogP contribution in [0, 0.1) is 12.3 Å². The van der Waals surface area contributed by atoms with Crippen LogP contribution in [0.25, 0.3) is 0 Å². The van der Waals surface area contributed by atoms with Crippen molar-refractivity contribution in [1.29, 1.82) is 0 Å². The summed E-state index contributed by atoms with van der Waals surface area (Å²) in [5.74, 6) is 1.75. The van der Waals surface area contributed by atoms with Gasteiger partial charge in [0.1, 0.15) is 6.26 Å². The van der Waals surface area contributed by atoms with Gasteiger partial charge in [0.05, 0.1) is 0 Å². The van der Waals surface area contributed by atoms with Crippen molar-refractivity contribution in [2.45, 2.75) is 5.51 Å². The molecule has 0 saturated carbocycles. The minimum atomic E-state index is -5.55. The van der Waals surface area contributed by atoms with Gasteiger partial charge in [-0.1, -0.05) is 5.92 Å². The lowest BCUT2D eigenvalue weighted by Crippen LogP contribution is -2.23. The fraction of sp³-hybridized carbons (Fsp3) is 0.200. The Labute approximate surface area is 67.0 Å². The van der Waals surface area contributed by atoms with E-state index in [1.165, 1.54) is 0 Å². The van der Waals surface area contributed by atoms with Crippen molar-refractivity contribution in [3.8, 4) is 12.3 Å². The van der Waals surface area contributed by atoms with Crippen molar-refractivity contribution in [3.63, 3.8) is 0 Å². The zero-order chi connectivity index (χ0) is 9.83. The van der Waals surface area contributed by atoms with Crippen LogP contribution >= 0.6 is 0 Å². The molecule has 0 fully saturated rings. The molecular formula is C5H3F3O3S. The van der Waals surface area contributed by atoms with E-state index < -0.39 is 15.6 Å². The second-order valence-electron chi connectivity index (χ2n) is 1.47. The average molecular weight is 200 g/mol. The number of allylic oxidation sites excluding steroid dienone is 1. The minimum absolute atomic E-state index is 0.267. The van der Waals surface area contributed by atoms with Gasteiger partial charge in [0.2, 0.25) is 0 Å². The molecular weight excluding hydrogens is 197 g/mol. The summed E-state index contributed by atoms with van der Waals surface area (Å²) in [6, 6.07) is 0. The molecule has 0 unspecified atom stereocenters. The van der Waals surface area contributed by atoms with Gasteiger partial charge in [-0.25, -0.2) is 0 Å². The first-order valence-electron chi connectivity index (χ1n) is 2.42. The predicted molar refractivity (Wildman–Crippen MR) is 34.0 cm³/mol. The third-order valence-corrected chi connectivity index (χ3v) is 1.56. The standard InChI is InChI=1S/C5H3F3O3S/c1-2-3-4-11-12(9,10)5(6,7)8/h1,3-4H/b4-3+. The third kappa shape index (κ3) is 2.84. The highest BCUT2D eigenvalue weighted by Crippen LogP contribution is 2.24. The first-order chi connectivity index (χ1) is 5.31. The summed E-state index contributed by atoms with van der Waals surface area (Å²) in [5.41, 5.74) is -5.42. The van der Waals surface area contributed by atoms with Crippen LogP contribution in [0.3, 0.4) is 0 Å². The zero-order valence-corrected chi connectivity index (χ0v) is 6.32. The van der Waals surface area contributed by atoms with E-state index in [-0.39, 0.29) is 6.26 Å². The van der Waals surface area contributed by atoms with Crippen molar-refractivity contribution in [2.24, 2.45) is 0 Å². The van der Waals surface area contributed by atoms with E-state index >= 15 is 0 Å². The summed E-state index contributed by atoms with van der Waals surface area (Å²) < 4.78 is 57.9. The average Bonchev–Trinajstić information content (AvgIpc) is 1.85. The maximum absolute atomic E-state index is 11.5. The second kappa shape index (κ2) is 3.49. The Balaban J connectivity index is 4.50. The van der Waals surface area contributed by atoms with Gasteiger partial charge >= 0.3 is 15.6 Å². The molecule has 0 aromatic carbocycles. The lowest BCUT2D eigenvalue weighted by molar-refractivity contribution is -0.0514. The van der Waals surface area contributed by atoms with Crippen LogP contribution in [-0.2, 0) is 14.3 Å². The largest absolute Gasteiger partial charge is 0.534 e. The van der Waals surface area contributed by atoms with Gasteiger partial charge < -0.3 is 4.18 Å². The van der Waals surface area contributed by atoms with Gasteiger partial charge in [-0.3, -0.25) is 0 Å². The maximum atomic E-state index is 11.5. The summed E-state index contributed by atoms with van der Waals surface area (Å²) >= 11 is 0. The molecule has 3 nitrogen and oxygen atoms in total. The van der Waals surface area contributed by atoms with Gasteiger partial charge in [0, 0.05) is 6.08 Å². The van der Waals surface area contributed by atoms with E-state index in [1.54, 1.807) is 5.92 Å². The molecule has 0 aromatic rings. The quantitative estimate of drug-likeness (QED) is 0.289. The number of halogens is 3. The van der Waals surface area contributed by atoms with Gasteiger partial charge in [-0.2, -0.15) is 21.6 Å². The monoisotopic (exact) mass is 200 g/mol. The Morgan fingerprint density at radius 3 is 2.25 bits per heavy atom. The topological polar surface area (TPSA) is 43.4 Å². The Bertz CT molecular complexity index is 306. The Morgan fingerprint density at radius 1 is 1.42 bits per heavy atom. The first-order valence-corrected chi connectivity index (χ1v) is 3.83. The van der Waals surface area contributed by atoms with Crippen molar-refractivity contribution >= 4 is 10.1 Å². The van der Waals surface area contributed by atoms with E-state index in [1.807, 2.05) is 0 Å². The molecule has 0 rings (SSSR count). The van der Waals surface area contributed by atoms with Crippen molar-refractivity contribution in [1.82, 2.24) is 0 Å². The SMILES string of the molecule is C#C/C=C/OS(=O)(=O)C(F)(F)F. The van der Waals surface area contributed by atoms with Crippen molar-refractivity contribution in [2.75, 3.05) is 0 Å². The smallest absolute Gasteiger partial charge is 0.383 e. The summed E-state index contributed by atoms with van der Waals surface area (Å²) in [7, 11) is -5.55. The van der Waals surface area contributed by atoms with Gasteiger partial charge in [-0.05, 0) is 0 Å². The molecule has 0 spiro atoms. The van der Waals surface area contributed by atoms with E-state index in [4.69, 9.17) is 0 Å². The minimum Gasteiger partial charge on any atom is -0.383 e. The maximum Gasteiger partial charge on any atom is 0.534 e. The zero-order valence-electron chi connectivity index (χ0n) is 5.50. The van der Waals surface area contributed by atoms with Crippen LogP contribution in [0.5, 0.6) is 0 Å². The van der Waals surface area contributed by atoms with Gasteiger partial charge in [0.15, 0.2) is 0 Å². The molecule has 0 bridgehead atoms. The Morgan fingerprint density at radius 2 is 1.92 bits per heavy atom. The first kappa shape index (κ1) is 10.8. The molecule has 0 aliphatic rings. The van der Waals surface area contributed by atoms with E-state index in [0.717, 1.165) is 0 Å². The Hall–Kier alpha value is -1.16. The molecule has 0 heterocycles. The molecule has 0 aliphatic carbocycles. The van der Waals surface area contributed by atoms with Crippen LogP contribution in [-0.4, -0.2) is 13.9 Å². The number of hydrogen-bond acceptors (Lipinski definition) is 3. The van der Waals surface area contributed by atoms with E-state index in [0.29, 0.717) is 6.08 Å². The van der Waals surface area contributed by atoms with E-state index in [2.05, 4.69) is 10.6 Å². The number of hydrogen-bond donors (Lipinski definition) is 0. The highest BCUT2D eigenvalue weighted by Gasteiger charge is 2.47. The normalized spacial score (nSPS) is 12.8. The second-order valence-corrected chi connectivity index (χ2v) is 3.03. The number of rotatable bonds is 2. The molecule has 7 heteroatoms. The predicted octanol–water partition coefficient (Wildman–Crippen LogP) is 1.000. The molecule has 0 aliphatic heterocycles. The van der Waals surface area contributed by atoms with Gasteiger partial charge in [0.25, 0.3) is 0 Å². The summed E-state index contributed by atoms with van der Waals surface area (Å²) in [6.45, 7) is 0. The third-order valence-electron chi connectivity index (χ3n) is 0.630. The number of terminal acetylenes is 1. The van der Waals surface area contributed by atoms with Crippen molar-refractivity contribution in [3.05, 3.63) is 12.3 Å². The lowest BCUT2D eigenvalue weighted by Gasteiger charge is -2.04. The van der Waals surface area contributed by atoms with Crippen LogP contribution in [0.2, 0.25) is 0 Å². The summed E-state index contributed by atoms with van der Waals surface area (Å²) in [4.78, 5) is 0. The summed E-state index contributed by atoms with van der Waals surface area (Å²) in [5, 5.41) is 0. The highest BCUT2D eigenvalue weighted by molar-refractivity contribution is 7.87. The lowest BCUT2D eigenvalue weighted by atomic mass is 10.7. The highest BCUT2D eigenvalue weighted by atomic mass is 32.2. The molecule has 0 N–H and O–H groups in total. The molecule has 0 saturated heterocycles. The molecule has 0 atom stereocenters. The fourth-order valence-corrected chi connectivity index (χ4v) is 0.506. The summed E-state index contributed by atoms with van der Waals surface area (Å²) in [6.07, 6.45) is 5.52. The van der Waals surface area contributed by atoms with Gasteiger partial charge in [-0.15, -0.1) is 6.42 Å². The molecule has 0 amide bonds. The van der Waals surface area contributed by atoms with Crippen LogP contribution in [0.15, 0.2) is 12.3 Å². The van der Waals surface area contributed by atoms with Crippen LogP contribution in [0.4, 0.5) is 13.2 Å². The van der Waals surface area contributed by atoms with E-state index in [9.17, 15) is 21.6 Å². The molecule has 0 aromatic heterocycles. The fourth-order valence-electron chi connectivity index (χ4n) is 0.195. The van der Waals surface area contributed by atoms with Crippen LogP contribution < -0.4 is 0 Å². The molecule has 0 radical (unpaired) electrons. The Kier molecular flexibility index (Phi) is 3.15. The molecule has 68 valence electrons. The van der Waals surface area contributed by atoms with Crippen LogP contribution in [0.1, 0.15) is 0 Å². The number of alkyl halides is 3. The molecule has 12 heavy (non-hydrogen) atoms.